The van der Waals surface area contributed by atoms with Gasteiger partial charge in [0.05, 0.1) is 23.2 Å². The molecule has 0 unspecified atom stereocenters. The van der Waals surface area contributed by atoms with Crippen molar-refractivity contribution in [1.82, 2.24) is 4.57 Å². The zero-order valence-corrected chi connectivity index (χ0v) is 12.3. The van der Waals surface area contributed by atoms with Gasteiger partial charge in [-0.05, 0) is 49.1 Å². The number of thiophene rings is 1. The lowest BCUT2D eigenvalue weighted by molar-refractivity contribution is 0.415. The second-order valence-corrected chi connectivity index (χ2v) is 5.60. The lowest BCUT2D eigenvalue weighted by Gasteiger charge is -2.07. The van der Waals surface area contributed by atoms with Crippen LogP contribution in [0.5, 0.6) is 5.75 Å². The first-order valence-electron chi connectivity index (χ1n) is 6.45. The van der Waals surface area contributed by atoms with E-state index in [1.54, 1.807) is 18.4 Å². The van der Waals surface area contributed by atoms with Crippen molar-refractivity contribution in [2.45, 2.75) is 20.4 Å². The van der Waals surface area contributed by atoms with Crippen LogP contribution in [0, 0.1) is 6.92 Å². The zero-order chi connectivity index (χ0) is 13.4. The highest BCUT2D eigenvalue weighted by Crippen LogP contribution is 2.33. The SMILES string of the molecule is CCn1c(-c2cc(C)cs2)cc2ccc(OC)cc21. The third kappa shape index (κ3) is 2.04. The predicted molar refractivity (Wildman–Crippen MR) is 82.2 cm³/mol. The Bertz CT molecular complexity index is 724. The summed E-state index contributed by atoms with van der Waals surface area (Å²) in [4.78, 5) is 1.33. The average Bonchev–Trinajstić information content (AvgIpc) is 3.00. The summed E-state index contributed by atoms with van der Waals surface area (Å²) in [6.45, 7) is 5.29. The monoisotopic (exact) mass is 271 g/mol. The Morgan fingerprint density at radius 2 is 2.05 bits per heavy atom. The Morgan fingerprint density at radius 3 is 2.68 bits per heavy atom. The van der Waals surface area contributed by atoms with Gasteiger partial charge in [0.2, 0.25) is 0 Å². The summed E-state index contributed by atoms with van der Waals surface area (Å²) < 4.78 is 7.68. The summed E-state index contributed by atoms with van der Waals surface area (Å²) in [6.07, 6.45) is 0. The van der Waals surface area contributed by atoms with Crippen molar-refractivity contribution in [3.8, 4) is 16.3 Å². The van der Waals surface area contributed by atoms with Crippen molar-refractivity contribution in [2.24, 2.45) is 0 Å². The molecule has 2 heterocycles. The molecule has 0 aliphatic heterocycles. The lowest BCUT2D eigenvalue weighted by Crippen LogP contribution is -1.95. The topological polar surface area (TPSA) is 14.2 Å². The molecule has 0 saturated carbocycles. The molecule has 0 spiro atoms. The van der Waals surface area contributed by atoms with Crippen LogP contribution >= 0.6 is 11.3 Å². The fraction of sp³-hybridized carbons (Fsp3) is 0.250. The number of rotatable bonds is 3. The Labute approximate surface area is 117 Å². The number of fused-ring (bicyclic) bond motifs is 1. The van der Waals surface area contributed by atoms with Gasteiger partial charge in [-0.1, -0.05) is 0 Å². The molecule has 0 amide bonds. The van der Waals surface area contributed by atoms with Crippen LogP contribution in [0.2, 0.25) is 0 Å². The van der Waals surface area contributed by atoms with Crippen LogP contribution in [0.25, 0.3) is 21.5 Å². The van der Waals surface area contributed by atoms with Gasteiger partial charge < -0.3 is 9.30 Å². The number of hydrogen-bond donors (Lipinski definition) is 0. The molecule has 0 radical (unpaired) electrons. The van der Waals surface area contributed by atoms with E-state index in [1.807, 2.05) is 6.07 Å². The van der Waals surface area contributed by atoms with Crippen molar-refractivity contribution >= 4 is 22.2 Å². The van der Waals surface area contributed by atoms with Gasteiger partial charge in [0.15, 0.2) is 0 Å². The van der Waals surface area contributed by atoms with Gasteiger partial charge in [0.25, 0.3) is 0 Å². The molecule has 2 aromatic heterocycles. The van der Waals surface area contributed by atoms with Crippen LogP contribution in [0.15, 0.2) is 35.7 Å². The standard InChI is InChI=1S/C16H17NOS/c1-4-17-14-9-13(18-3)6-5-12(14)8-15(17)16-7-11(2)10-19-16/h5-10H,4H2,1-3H3. The van der Waals surface area contributed by atoms with E-state index in [0.717, 1.165) is 12.3 Å². The number of nitrogens with zero attached hydrogens (tertiary/aromatic N) is 1. The Balaban J connectivity index is 2.25. The smallest absolute Gasteiger partial charge is 0.120 e. The minimum atomic E-state index is 0.911. The number of benzene rings is 1. The van der Waals surface area contributed by atoms with Gasteiger partial charge in [-0.15, -0.1) is 11.3 Å². The van der Waals surface area contributed by atoms with E-state index < -0.39 is 0 Å². The number of aromatic nitrogens is 1. The second kappa shape index (κ2) is 4.74. The maximum Gasteiger partial charge on any atom is 0.120 e. The van der Waals surface area contributed by atoms with Crippen molar-refractivity contribution in [1.29, 1.82) is 0 Å². The van der Waals surface area contributed by atoms with Gasteiger partial charge in [-0.25, -0.2) is 0 Å². The molecule has 3 aromatic rings. The highest BCUT2D eigenvalue weighted by Gasteiger charge is 2.11. The van der Waals surface area contributed by atoms with Crippen LogP contribution in [-0.2, 0) is 6.54 Å². The summed E-state index contributed by atoms with van der Waals surface area (Å²) in [5.41, 5.74) is 3.86. The molecule has 0 aliphatic rings. The fourth-order valence-electron chi connectivity index (χ4n) is 2.47. The zero-order valence-electron chi connectivity index (χ0n) is 11.4. The molecule has 0 N–H and O–H groups in total. The molecule has 0 aliphatic carbocycles. The predicted octanol–water partition coefficient (Wildman–Crippen LogP) is 4.71. The van der Waals surface area contributed by atoms with Crippen molar-refractivity contribution in [2.75, 3.05) is 7.11 Å². The lowest BCUT2D eigenvalue weighted by atomic mass is 10.2. The molecule has 0 saturated heterocycles. The number of methoxy groups -OCH3 is 1. The first-order chi connectivity index (χ1) is 9.22. The van der Waals surface area contributed by atoms with E-state index in [1.165, 1.54) is 27.0 Å². The summed E-state index contributed by atoms with van der Waals surface area (Å²) in [7, 11) is 1.71. The molecule has 2 nitrogen and oxygen atoms in total. The summed E-state index contributed by atoms with van der Waals surface area (Å²) >= 11 is 1.81. The minimum absolute atomic E-state index is 0.911. The van der Waals surface area contributed by atoms with E-state index in [-0.39, 0.29) is 0 Å². The molecule has 3 rings (SSSR count). The van der Waals surface area contributed by atoms with E-state index in [4.69, 9.17) is 4.74 Å². The molecule has 1 aromatic carbocycles. The number of hydrogen-bond acceptors (Lipinski definition) is 2. The van der Waals surface area contributed by atoms with Gasteiger partial charge in [0.1, 0.15) is 5.75 Å². The molecule has 0 atom stereocenters. The van der Waals surface area contributed by atoms with Crippen molar-refractivity contribution in [3.05, 3.63) is 41.3 Å². The first-order valence-corrected chi connectivity index (χ1v) is 7.33. The van der Waals surface area contributed by atoms with E-state index >= 15 is 0 Å². The van der Waals surface area contributed by atoms with Gasteiger partial charge in [-0.3, -0.25) is 0 Å². The van der Waals surface area contributed by atoms with Crippen LogP contribution < -0.4 is 4.74 Å². The Hall–Kier alpha value is -1.74. The van der Waals surface area contributed by atoms with Gasteiger partial charge in [-0.2, -0.15) is 0 Å². The highest BCUT2D eigenvalue weighted by molar-refractivity contribution is 7.13. The van der Waals surface area contributed by atoms with Gasteiger partial charge in [0, 0.05) is 18.0 Å². The second-order valence-electron chi connectivity index (χ2n) is 4.69. The minimum Gasteiger partial charge on any atom is -0.497 e. The van der Waals surface area contributed by atoms with Crippen LogP contribution in [0.3, 0.4) is 0 Å². The fourth-order valence-corrected chi connectivity index (χ4v) is 3.40. The van der Waals surface area contributed by atoms with Crippen molar-refractivity contribution in [3.63, 3.8) is 0 Å². The summed E-state index contributed by atoms with van der Waals surface area (Å²) in [5, 5.41) is 3.47. The summed E-state index contributed by atoms with van der Waals surface area (Å²) in [5.74, 6) is 0.911. The Morgan fingerprint density at radius 1 is 1.21 bits per heavy atom. The molecule has 0 fully saturated rings. The number of ether oxygens (including phenoxy) is 1. The number of aryl methyl sites for hydroxylation is 2. The van der Waals surface area contributed by atoms with E-state index in [9.17, 15) is 0 Å². The largest absolute Gasteiger partial charge is 0.497 e. The van der Waals surface area contributed by atoms with Crippen LogP contribution in [0.1, 0.15) is 12.5 Å². The normalized spacial score (nSPS) is 11.1. The third-order valence-electron chi connectivity index (χ3n) is 3.41. The quantitative estimate of drug-likeness (QED) is 0.673. The maximum absolute atomic E-state index is 5.33. The Kier molecular flexibility index (Phi) is 3.07. The van der Waals surface area contributed by atoms with Crippen LogP contribution in [-0.4, -0.2) is 11.7 Å². The molecular formula is C16H17NOS. The maximum atomic E-state index is 5.33. The third-order valence-corrected chi connectivity index (χ3v) is 4.48. The van der Waals surface area contributed by atoms with Crippen molar-refractivity contribution < 1.29 is 4.74 Å². The van der Waals surface area contributed by atoms with Gasteiger partial charge >= 0.3 is 0 Å². The van der Waals surface area contributed by atoms with E-state index in [0.29, 0.717) is 0 Å². The average molecular weight is 271 g/mol. The van der Waals surface area contributed by atoms with Crippen LogP contribution in [0.4, 0.5) is 0 Å². The molecule has 19 heavy (non-hydrogen) atoms. The molecule has 3 heteroatoms. The molecule has 98 valence electrons. The molecular weight excluding hydrogens is 254 g/mol. The van der Waals surface area contributed by atoms with E-state index in [2.05, 4.69) is 48.1 Å². The molecule has 0 bridgehead atoms. The summed E-state index contributed by atoms with van der Waals surface area (Å²) in [6, 6.07) is 10.8. The highest BCUT2D eigenvalue weighted by atomic mass is 32.1. The first kappa shape index (κ1) is 12.3.